The van der Waals surface area contributed by atoms with Crippen molar-refractivity contribution in [2.24, 2.45) is 0 Å². The third kappa shape index (κ3) is 3.30. The zero-order valence-electron chi connectivity index (χ0n) is 17.7. The first-order chi connectivity index (χ1) is 15.4. The van der Waals surface area contributed by atoms with Crippen LogP contribution in [0.1, 0.15) is 35.3 Å². The highest BCUT2D eigenvalue weighted by Crippen LogP contribution is 2.41. The van der Waals surface area contributed by atoms with Crippen LogP contribution in [0.3, 0.4) is 0 Å². The molecule has 0 fully saturated rings. The molecule has 2 aromatic carbocycles. The molecule has 1 amide bonds. The van der Waals surface area contributed by atoms with Gasteiger partial charge in [0, 0.05) is 62.9 Å². The molecule has 0 spiro atoms. The summed E-state index contributed by atoms with van der Waals surface area (Å²) in [5.41, 5.74) is 4.04. The number of aromatic nitrogens is 2. The van der Waals surface area contributed by atoms with Gasteiger partial charge in [-0.2, -0.15) is 5.10 Å². The van der Waals surface area contributed by atoms with Crippen LogP contribution in [0.25, 0.3) is 11.3 Å². The van der Waals surface area contributed by atoms with Crippen molar-refractivity contribution in [3.05, 3.63) is 76.2 Å². The van der Waals surface area contributed by atoms with Crippen molar-refractivity contribution < 1.29 is 22.7 Å². The van der Waals surface area contributed by atoms with Crippen LogP contribution in [-0.4, -0.2) is 40.3 Å². The Labute approximate surface area is 183 Å². The average molecular weight is 441 g/mol. The zero-order chi connectivity index (χ0) is 22.6. The van der Waals surface area contributed by atoms with Crippen molar-refractivity contribution in [1.29, 1.82) is 0 Å². The maximum Gasteiger partial charge on any atom is 0.219 e. The Morgan fingerprint density at radius 3 is 2.53 bits per heavy atom. The number of carbonyl (C=O) groups is 1. The number of hydrogen-bond donors (Lipinski definition) is 0. The lowest BCUT2D eigenvalue weighted by Gasteiger charge is -2.29. The van der Waals surface area contributed by atoms with E-state index in [0.717, 1.165) is 17.3 Å². The lowest BCUT2D eigenvalue weighted by Crippen LogP contribution is -2.35. The van der Waals surface area contributed by atoms with Crippen molar-refractivity contribution in [2.45, 2.75) is 38.5 Å². The Morgan fingerprint density at radius 2 is 1.84 bits per heavy atom. The summed E-state index contributed by atoms with van der Waals surface area (Å²) in [6.45, 7) is 2.41. The molecule has 8 heteroatoms. The highest BCUT2D eigenvalue weighted by molar-refractivity contribution is 5.74. The number of hydrogen-bond acceptors (Lipinski definition) is 3. The van der Waals surface area contributed by atoms with E-state index in [9.17, 15) is 18.0 Å². The quantitative estimate of drug-likeness (QED) is 0.617. The number of amides is 1. The molecule has 5 nitrogen and oxygen atoms in total. The van der Waals surface area contributed by atoms with E-state index in [2.05, 4.69) is 0 Å². The van der Waals surface area contributed by atoms with Crippen LogP contribution < -0.4 is 0 Å². The average Bonchev–Trinajstić information content (AvgIpc) is 3.32. The van der Waals surface area contributed by atoms with E-state index in [1.54, 1.807) is 28.8 Å². The number of methoxy groups -OCH3 is 1. The van der Waals surface area contributed by atoms with Crippen LogP contribution in [-0.2, 0) is 28.9 Å². The minimum atomic E-state index is -0.648. The second-order valence-electron chi connectivity index (χ2n) is 8.29. The van der Waals surface area contributed by atoms with Gasteiger partial charge in [0.15, 0.2) is 0 Å². The Morgan fingerprint density at radius 1 is 1.09 bits per heavy atom. The predicted molar refractivity (Wildman–Crippen MR) is 111 cm³/mol. The third-order valence-electron chi connectivity index (χ3n) is 6.49. The number of rotatable bonds is 3. The molecule has 3 aromatic rings. The van der Waals surface area contributed by atoms with Gasteiger partial charge in [-0.15, -0.1) is 0 Å². The first kappa shape index (κ1) is 20.8. The third-order valence-corrected chi connectivity index (χ3v) is 6.49. The number of benzene rings is 2. The number of ether oxygens (including phenoxy) is 1. The summed E-state index contributed by atoms with van der Waals surface area (Å²) in [6.07, 6.45) is 0.434. The molecular weight excluding hydrogens is 419 g/mol. The van der Waals surface area contributed by atoms with E-state index < -0.39 is 23.8 Å². The van der Waals surface area contributed by atoms with E-state index in [1.807, 2.05) is 0 Å². The van der Waals surface area contributed by atoms with Gasteiger partial charge in [-0.1, -0.05) is 0 Å². The Bertz CT molecular complexity index is 1210. The highest BCUT2D eigenvalue weighted by Gasteiger charge is 2.40. The van der Waals surface area contributed by atoms with Gasteiger partial charge in [0.05, 0.1) is 11.8 Å². The van der Waals surface area contributed by atoms with E-state index in [-0.39, 0.29) is 11.7 Å². The van der Waals surface area contributed by atoms with Crippen molar-refractivity contribution in [3.63, 3.8) is 0 Å². The molecule has 0 radical (unpaired) electrons. The number of nitrogens with zero attached hydrogens (tertiary/aromatic N) is 3. The van der Waals surface area contributed by atoms with Crippen LogP contribution in [0.5, 0.6) is 0 Å². The molecule has 2 aliphatic rings. The Balaban J connectivity index is 1.70. The molecule has 32 heavy (non-hydrogen) atoms. The predicted octanol–water partition coefficient (Wildman–Crippen LogP) is 4.03. The molecule has 1 aliphatic carbocycles. The van der Waals surface area contributed by atoms with Crippen LogP contribution in [0, 0.1) is 17.5 Å². The lowest BCUT2D eigenvalue weighted by molar-refractivity contribution is -0.129. The Kier molecular flexibility index (Phi) is 5.04. The van der Waals surface area contributed by atoms with Crippen molar-refractivity contribution in [1.82, 2.24) is 14.7 Å². The second kappa shape index (κ2) is 7.78. The standard InChI is InChI=1S/C24H22F3N3O2/c1-13(31)29-8-7-21-19(12-29)23(14-3-5-15(25)6-4-14)28-30(21)24-18-9-16(26)10-20(27)17(18)11-22(24)32-2/h3-6,9-10,22,24H,7-8,11-12H2,1-2H3/t22-,24?/m1/s1. The maximum absolute atomic E-state index is 14.5. The maximum atomic E-state index is 14.5. The van der Waals surface area contributed by atoms with E-state index >= 15 is 0 Å². The summed E-state index contributed by atoms with van der Waals surface area (Å²) >= 11 is 0. The zero-order valence-corrected chi connectivity index (χ0v) is 17.7. The fraction of sp³-hybridized carbons (Fsp3) is 0.333. The molecular formula is C24H22F3N3O2. The lowest BCUT2D eigenvalue weighted by atomic mass is 10.00. The van der Waals surface area contributed by atoms with Gasteiger partial charge < -0.3 is 9.64 Å². The van der Waals surface area contributed by atoms with Crippen LogP contribution in [0.4, 0.5) is 13.2 Å². The number of carbonyl (C=O) groups excluding carboxylic acids is 1. The van der Waals surface area contributed by atoms with Crippen molar-refractivity contribution in [2.75, 3.05) is 13.7 Å². The smallest absolute Gasteiger partial charge is 0.219 e. The molecule has 2 atom stereocenters. The molecule has 0 bridgehead atoms. The molecule has 0 saturated carbocycles. The van der Waals surface area contributed by atoms with Gasteiger partial charge in [0.2, 0.25) is 5.91 Å². The molecule has 0 saturated heterocycles. The number of halogens is 3. The number of fused-ring (bicyclic) bond motifs is 2. The van der Waals surface area contributed by atoms with E-state index in [4.69, 9.17) is 9.84 Å². The SMILES string of the molecule is CO[C@@H]1Cc2c(F)cc(F)cc2C1n1nc(-c2ccc(F)cc2)c2c1CCN(C(C)=O)C2. The Hall–Kier alpha value is -3.13. The first-order valence-corrected chi connectivity index (χ1v) is 10.5. The van der Waals surface area contributed by atoms with Crippen molar-refractivity contribution >= 4 is 5.91 Å². The normalized spacial score (nSPS) is 19.7. The fourth-order valence-corrected chi connectivity index (χ4v) is 4.90. The molecule has 1 aliphatic heterocycles. The summed E-state index contributed by atoms with van der Waals surface area (Å²) < 4.78 is 49.7. The summed E-state index contributed by atoms with van der Waals surface area (Å²) in [7, 11) is 1.55. The summed E-state index contributed by atoms with van der Waals surface area (Å²) in [4.78, 5) is 13.8. The molecule has 1 aromatic heterocycles. The van der Waals surface area contributed by atoms with E-state index in [1.165, 1.54) is 25.1 Å². The molecule has 166 valence electrons. The van der Waals surface area contributed by atoms with Crippen LogP contribution in [0.2, 0.25) is 0 Å². The minimum absolute atomic E-state index is 0.0430. The molecule has 0 N–H and O–H groups in total. The van der Waals surface area contributed by atoms with Crippen LogP contribution >= 0.6 is 0 Å². The summed E-state index contributed by atoms with van der Waals surface area (Å²) in [5.74, 6) is -1.64. The van der Waals surface area contributed by atoms with Crippen molar-refractivity contribution in [3.8, 4) is 11.3 Å². The molecule has 2 heterocycles. The fourth-order valence-electron chi connectivity index (χ4n) is 4.90. The summed E-state index contributed by atoms with van der Waals surface area (Å²) in [6, 6.07) is 7.74. The van der Waals surface area contributed by atoms with Gasteiger partial charge in [0.25, 0.3) is 0 Å². The summed E-state index contributed by atoms with van der Waals surface area (Å²) in [5, 5.41) is 4.86. The van der Waals surface area contributed by atoms with Gasteiger partial charge in [-0.3, -0.25) is 9.48 Å². The monoisotopic (exact) mass is 441 g/mol. The molecule has 1 unspecified atom stereocenters. The largest absolute Gasteiger partial charge is 0.379 e. The van der Waals surface area contributed by atoms with Gasteiger partial charge in [-0.05, 0) is 41.5 Å². The minimum Gasteiger partial charge on any atom is -0.379 e. The topological polar surface area (TPSA) is 47.4 Å². The van der Waals surface area contributed by atoms with Gasteiger partial charge >= 0.3 is 0 Å². The van der Waals surface area contributed by atoms with E-state index in [0.29, 0.717) is 48.3 Å². The molecule has 5 rings (SSSR count). The van der Waals surface area contributed by atoms with Crippen LogP contribution in [0.15, 0.2) is 36.4 Å². The van der Waals surface area contributed by atoms with Gasteiger partial charge in [-0.25, -0.2) is 13.2 Å². The second-order valence-corrected chi connectivity index (χ2v) is 8.29. The van der Waals surface area contributed by atoms with Gasteiger partial charge in [0.1, 0.15) is 23.5 Å². The highest BCUT2D eigenvalue weighted by atomic mass is 19.1. The first-order valence-electron chi connectivity index (χ1n) is 10.5.